The summed E-state index contributed by atoms with van der Waals surface area (Å²) in [6, 6.07) is 19.3. The standard InChI is InChI=1S/C28H28FN3O3S2/c1-19-16-24-25(17-20(19)2)36-28(30-24)32(18-21-8-4-3-5-9-21)27(33)22-12-14-31(15-13-22)37(34,35)26-11-7-6-10-23(26)29/h3-11,16-17,22H,12-15,18H2,1-2H3. The highest BCUT2D eigenvalue weighted by Crippen LogP contribution is 2.34. The Kier molecular flexibility index (Phi) is 7.11. The third kappa shape index (κ3) is 5.16. The lowest BCUT2D eigenvalue weighted by Gasteiger charge is -2.33. The number of hydrogen-bond acceptors (Lipinski definition) is 5. The zero-order valence-corrected chi connectivity index (χ0v) is 22.4. The van der Waals surface area contributed by atoms with Crippen molar-refractivity contribution in [2.75, 3.05) is 18.0 Å². The van der Waals surface area contributed by atoms with Gasteiger partial charge in [-0.1, -0.05) is 53.8 Å². The molecule has 4 aromatic rings. The number of carbonyl (C=O) groups excluding carboxylic acids is 1. The largest absolute Gasteiger partial charge is 0.283 e. The Morgan fingerprint density at radius 3 is 2.38 bits per heavy atom. The Labute approximate surface area is 220 Å². The minimum Gasteiger partial charge on any atom is -0.283 e. The lowest BCUT2D eigenvalue weighted by molar-refractivity contribution is -0.123. The third-order valence-electron chi connectivity index (χ3n) is 6.93. The van der Waals surface area contributed by atoms with Gasteiger partial charge in [-0.2, -0.15) is 4.31 Å². The van der Waals surface area contributed by atoms with Crippen LogP contribution in [0.25, 0.3) is 10.2 Å². The number of carbonyl (C=O) groups is 1. The second-order valence-corrected chi connectivity index (χ2v) is 12.3. The number of fused-ring (bicyclic) bond motifs is 1. The van der Waals surface area contributed by atoms with Crippen molar-refractivity contribution in [1.82, 2.24) is 9.29 Å². The van der Waals surface area contributed by atoms with Crippen LogP contribution in [0.5, 0.6) is 0 Å². The predicted octanol–water partition coefficient (Wildman–Crippen LogP) is 5.69. The normalized spacial score (nSPS) is 15.2. The minimum absolute atomic E-state index is 0.0701. The Hall–Kier alpha value is -3.14. The van der Waals surface area contributed by atoms with Crippen molar-refractivity contribution in [1.29, 1.82) is 0 Å². The molecule has 192 valence electrons. The zero-order valence-electron chi connectivity index (χ0n) is 20.7. The van der Waals surface area contributed by atoms with Crippen LogP contribution >= 0.6 is 11.3 Å². The molecule has 1 aliphatic rings. The molecular formula is C28H28FN3O3S2. The van der Waals surface area contributed by atoms with Crippen molar-refractivity contribution in [3.8, 4) is 0 Å². The summed E-state index contributed by atoms with van der Waals surface area (Å²) in [5, 5.41) is 0.635. The van der Waals surface area contributed by atoms with Gasteiger partial charge in [0.25, 0.3) is 0 Å². The van der Waals surface area contributed by atoms with Gasteiger partial charge in [0.2, 0.25) is 15.9 Å². The molecule has 1 aliphatic heterocycles. The van der Waals surface area contributed by atoms with Crippen LogP contribution in [0.1, 0.15) is 29.5 Å². The quantitative estimate of drug-likeness (QED) is 0.317. The van der Waals surface area contributed by atoms with Gasteiger partial charge in [-0.25, -0.2) is 17.8 Å². The number of hydrogen-bond donors (Lipinski definition) is 0. The fraction of sp³-hybridized carbons (Fsp3) is 0.286. The van der Waals surface area contributed by atoms with Crippen LogP contribution < -0.4 is 4.90 Å². The second kappa shape index (κ2) is 10.3. The van der Waals surface area contributed by atoms with E-state index in [1.807, 2.05) is 43.3 Å². The van der Waals surface area contributed by atoms with E-state index in [-0.39, 0.29) is 29.8 Å². The number of aryl methyl sites for hydroxylation is 2. The lowest BCUT2D eigenvalue weighted by Crippen LogP contribution is -2.44. The molecule has 5 rings (SSSR count). The molecule has 0 N–H and O–H groups in total. The van der Waals surface area contributed by atoms with Gasteiger partial charge in [0.15, 0.2) is 5.13 Å². The van der Waals surface area contributed by atoms with Gasteiger partial charge in [0, 0.05) is 19.0 Å². The maximum absolute atomic E-state index is 14.2. The average Bonchev–Trinajstić information content (AvgIpc) is 3.30. The number of benzene rings is 3. The number of amides is 1. The first-order valence-corrected chi connectivity index (χ1v) is 14.5. The van der Waals surface area contributed by atoms with Crippen molar-refractivity contribution in [2.45, 2.75) is 38.1 Å². The SMILES string of the molecule is Cc1cc2nc(N(Cc3ccccc3)C(=O)C3CCN(S(=O)(=O)c4ccccc4F)CC3)sc2cc1C. The van der Waals surface area contributed by atoms with Crippen molar-refractivity contribution in [3.05, 3.63) is 89.2 Å². The summed E-state index contributed by atoms with van der Waals surface area (Å²) in [7, 11) is -3.97. The van der Waals surface area contributed by atoms with E-state index in [9.17, 15) is 17.6 Å². The van der Waals surface area contributed by atoms with Crippen LogP contribution in [0.4, 0.5) is 9.52 Å². The van der Waals surface area contributed by atoms with Gasteiger partial charge < -0.3 is 0 Å². The molecule has 0 atom stereocenters. The molecule has 2 heterocycles. The molecule has 0 aliphatic carbocycles. The highest BCUT2D eigenvalue weighted by Gasteiger charge is 2.36. The smallest absolute Gasteiger partial charge is 0.245 e. The van der Waals surface area contributed by atoms with E-state index in [2.05, 4.69) is 13.0 Å². The van der Waals surface area contributed by atoms with Crippen LogP contribution in [-0.2, 0) is 21.4 Å². The third-order valence-corrected chi connectivity index (χ3v) is 9.90. The summed E-state index contributed by atoms with van der Waals surface area (Å²) < 4.78 is 42.5. The Balaban J connectivity index is 1.39. The first-order valence-electron chi connectivity index (χ1n) is 12.2. The molecule has 1 fully saturated rings. The number of anilines is 1. The van der Waals surface area contributed by atoms with Gasteiger partial charge in [-0.05, 0) is 67.6 Å². The van der Waals surface area contributed by atoms with E-state index >= 15 is 0 Å². The number of halogens is 1. The molecule has 9 heteroatoms. The molecule has 0 saturated carbocycles. The predicted molar refractivity (Wildman–Crippen MR) is 145 cm³/mol. The van der Waals surface area contributed by atoms with Gasteiger partial charge in [-0.15, -0.1) is 0 Å². The maximum atomic E-state index is 14.2. The van der Waals surface area contributed by atoms with Crippen LogP contribution in [0.2, 0.25) is 0 Å². The van der Waals surface area contributed by atoms with Crippen molar-refractivity contribution in [3.63, 3.8) is 0 Å². The Morgan fingerprint density at radius 2 is 1.68 bits per heavy atom. The highest BCUT2D eigenvalue weighted by atomic mass is 32.2. The molecule has 1 aromatic heterocycles. The number of nitrogens with zero attached hydrogens (tertiary/aromatic N) is 3. The van der Waals surface area contributed by atoms with Crippen LogP contribution in [0.15, 0.2) is 71.6 Å². The van der Waals surface area contributed by atoms with E-state index in [1.54, 1.807) is 4.90 Å². The Bertz CT molecular complexity index is 1510. The molecule has 6 nitrogen and oxygen atoms in total. The fourth-order valence-corrected chi connectivity index (χ4v) is 7.23. The van der Waals surface area contributed by atoms with E-state index in [1.165, 1.54) is 39.4 Å². The fourth-order valence-electron chi connectivity index (χ4n) is 4.65. The molecular weight excluding hydrogens is 509 g/mol. The summed E-state index contributed by atoms with van der Waals surface area (Å²) >= 11 is 1.49. The van der Waals surface area contributed by atoms with E-state index in [0.29, 0.717) is 24.5 Å². The first-order chi connectivity index (χ1) is 17.7. The summed E-state index contributed by atoms with van der Waals surface area (Å²) in [6.07, 6.45) is 0.724. The Morgan fingerprint density at radius 1 is 1.03 bits per heavy atom. The summed E-state index contributed by atoms with van der Waals surface area (Å²) in [6.45, 7) is 4.80. The van der Waals surface area contributed by atoms with Crippen LogP contribution in [-0.4, -0.2) is 36.7 Å². The van der Waals surface area contributed by atoms with Crippen molar-refractivity contribution >= 4 is 42.6 Å². The van der Waals surface area contributed by atoms with Gasteiger partial charge in [-0.3, -0.25) is 9.69 Å². The molecule has 0 spiro atoms. The maximum Gasteiger partial charge on any atom is 0.245 e. The number of thiazole rings is 1. The van der Waals surface area contributed by atoms with Crippen LogP contribution in [0, 0.1) is 25.6 Å². The molecule has 0 bridgehead atoms. The van der Waals surface area contributed by atoms with E-state index in [0.717, 1.165) is 27.4 Å². The number of rotatable bonds is 6. The van der Waals surface area contributed by atoms with Crippen molar-refractivity contribution < 1.29 is 17.6 Å². The van der Waals surface area contributed by atoms with E-state index in [4.69, 9.17) is 4.98 Å². The zero-order chi connectivity index (χ0) is 26.2. The summed E-state index contributed by atoms with van der Waals surface area (Å²) in [4.78, 5) is 20.1. The number of aromatic nitrogens is 1. The molecule has 3 aromatic carbocycles. The summed E-state index contributed by atoms with van der Waals surface area (Å²) in [5.41, 5.74) is 4.17. The molecule has 1 saturated heterocycles. The summed E-state index contributed by atoms with van der Waals surface area (Å²) in [5.74, 6) is -1.19. The molecule has 37 heavy (non-hydrogen) atoms. The number of piperidine rings is 1. The van der Waals surface area contributed by atoms with Gasteiger partial charge in [0.1, 0.15) is 10.7 Å². The highest BCUT2D eigenvalue weighted by molar-refractivity contribution is 7.89. The van der Waals surface area contributed by atoms with Gasteiger partial charge >= 0.3 is 0 Å². The van der Waals surface area contributed by atoms with Gasteiger partial charge in [0.05, 0.1) is 16.8 Å². The first kappa shape index (κ1) is 25.5. The minimum atomic E-state index is -3.97. The topological polar surface area (TPSA) is 70.6 Å². The van der Waals surface area contributed by atoms with E-state index < -0.39 is 15.8 Å². The average molecular weight is 538 g/mol. The van der Waals surface area contributed by atoms with Crippen molar-refractivity contribution in [2.24, 2.45) is 5.92 Å². The molecule has 1 amide bonds. The molecule has 0 unspecified atom stereocenters. The van der Waals surface area contributed by atoms with Crippen LogP contribution in [0.3, 0.4) is 0 Å². The monoisotopic (exact) mass is 537 g/mol. The lowest BCUT2D eigenvalue weighted by atomic mass is 9.96. The molecule has 0 radical (unpaired) electrons. The second-order valence-electron chi connectivity index (χ2n) is 9.42. The number of sulfonamides is 1.